The van der Waals surface area contributed by atoms with Gasteiger partial charge in [-0.2, -0.15) is 0 Å². The van der Waals surface area contributed by atoms with Gasteiger partial charge < -0.3 is 10.2 Å². The van der Waals surface area contributed by atoms with Crippen LogP contribution in [0.1, 0.15) is 58.3 Å². The molecule has 1 heterocycles. The van der Waals surface area contributed by atoms with Crippen LogP contribution in [0.5, 0.6) is 0 Å². The molecule has 2 saturated carbocycles. The second kappa shape index (κ2) is 5.82. The Morgan fingerprint density at radius 1 is 1.11 bits per heavy atom. The topological polar surface area (TPSA) is 32.3 Å². The summed E-state index contributed by atoms with van der Waals surface area (Å²) in [6.07, 6.45) is 9.90. The third kappa shape index (κ3) is 3.95. The van der Waals surface area contributed by atoms with Gasteiger partial charge in [-0.25, -0.2) is 0 Å². The molecule has 0 bridgehead atoms. The minimum Gasteiger partial charge on any atom is -0.341 e. The first-order chi connectivity index (χ1) is 9.24. The van der Waals surface area contributed by atoms with Crippen molar-refractivity contribution in [3.05, 3.63) is 0 Å². The van der Waals surface area contributed by atoms with Crippen molar-refractivity contribution in [2.24, 2.45) is 11.8 Å². The summed E-state index contributed by atoms with van der Waals surface area (Å²) in [5.74, 6) is 2.11. The van der Waals surface area contributed by atoms with Gasteiger partial charge in [-0.15, -0.1) is 0 Å². The number of rotatable bonds is 6. The van der Waals surface area contributed by atoms with Crippen molar-refractivity contribution in [3.63, 3.8) is 0 Å². The SMILES string of the molecule is CCCC(=O)N1CC(CC2CC2)CC(NC2CC2)C1. The maximum Gasteiger partial charge on any atom is 0.222 e. The maximum absolute atomic E-state index is 12.2. The molecule has 1 amide bonds. The third-order valence-electron chi connectivity index (χ3n) is 4.77. The van der Waals surface area contributed by atoms with Crippen LogP contribution in [0.2, 0.25) is 0 Å². The monoisotopic (exact) mass is 264 g/mol. The highest BCUT2D eigenvalue weighted by Crippen LogP contribution is 2.38. The van der Waals surface area contributed by atoms with E-state index in [1.54, 1.807) is 0 Å². The highest BCUT2D eigenvalue weighted by molar-refractivity contribution is 5.76. The van der Waals surface area contributed by atoms with Crippen LogP contribution in [0.15, 0.2) is 0 Å². The van der Waals surface area contributed by atoms with Crippen LogP contribution in [0.4, 0.5) is 0 Å². The number of hydrogen-bond donors (Lipinski definition) is 1. The van der Waals surface area contributed by atoms with Gasteiger partial charge in [-0.3, -0.25) is 4.79 Å². The zero-order valence-corrected chi connectivity index (χ0v) is 12.2. The molecule has 1 aliphatic heterocycles. The lowest BCUT2D eigenvalue weighted by Crippen LogP contribution is -2.51. The van der Waals surface area contributed by atoms with Crippen molar-refractivity contribution in [1.29, 1.82) is 0 Å². The van der Waals surface area contributed by atoms with E-state index in [2.05, 4.69) is 17.1 Å². The van der Waals surface area contributed by atoms with E-state index >= 15 is 0 Å². The average Bonchev–Trinajstić information content (AvgIpc) is 3.25. The predicted octanol–water partition coefficient (Wildman–Crippen LogP) is 2.56. The number of carbonyl (C=O) groups excluding carboxylic acids is 1. The van der Waals surface area contributed by atoms with Crippen LogP contribution < -0.4 is 5.32 Å². The van der Waals surface area contributed by atoms with E-state index < -0.39 is 0 Å². The Morgan fingerprint density at radius 3 is 2.53 bits per heavy atom. The molecule has 3 aliphatic rings. The minimum absolute atomic E-state index is 0.380. The Bertz CT molecular complexity index is 301. The van der Waals surface area contributed by atoms with Crippen molar-refractivity contribution in [1.82, 2.24) is 10.2 Å². The molecule has 0 aromatic rings. The molecule has 0 aromatic heterocycles. The first-order valence-corrected chi connectivity index (χ1v) is 8.28. The van der Waals surface area contributed by atoms with Gasteiger partial charge in [0.25, 0.3) is 0 Å². The number of carbonyl (C=O) groups is 1. The largest absolute Gasteiger partial charge is 0.341 e. The van der Waals surface area contributed by atoms with Gasteiger partial charge in [0.1, 0.15) is 0 Å². The first kappa shape index (κ1) is 13.4. The van der Waals surface area contributed by atoms with Gasteiger partial charge in [-0.05, 0) is 43.9 Å². The lowest BCUT2D eigenvalue weighted by atomic mass is 9.89. The molecule has 3 nitrogen and oxygen atoms in total. The number of nitrogens with one attached hydrogen (secondary N) is 1. The van der Waals surface area contributed by atoms with Crippen molar-refractivity contribution < 1.29 is 4.79 Å². The second-order valence-corrected chi connectivity index (χ2v) is 6.97. The molecule has 3 heteroatoms. The lowest BCUT2D eigenvalue weighted by Gasteiger charge is -2.38. The summed E-state index contributed by atoms with van der Waals surface area (Å²) < 4.78 is 0. The van der Waals surface area contributed by atoms with Gasteiger partial charge in [0.15, 0.2) is 0 Å². The van der Waals surface area contributed by atoms with Gasteiger partial charge in [0, 0.05) is 31.6 Å². The van der Waals surface area contributed by atoms with Gasteiger partial charge >= 0.3 is 0 Å². The summed E-state index contributed by atoms with van der Waals surface area (Å²) in [6, 6.07) is 1.32. The normalized spacial score (nSPS) is 31.5. The molecule has 3 fully saturated rings. The molecule has 1 N–H and O–H groups in total. The Kier molecular flexibility index (Phi) is 4.11. The molecule has 3 rings (SSSR count). The molecule has 108 valence electrons. The fraction of sp³-hybridized carbons (Fsp3) is 0.938. The molecule has 0 aromatic carbocycles. The Balaban J connectivity index is 1.56. The van der Waals surface area contributed by atoms with Gasteiger partial charge in [0.2, 0.25) is 5.91 Å². The van der Waals surface area contributed by atoms with Crippen LogP contribution in [0.3, 0.4) is 0 Å². The molecule has 2 unspecified atom stereocenters. The highest BCUT2D eigenvalue weighted by Gasteiger charge is 2.35. The van der Waals surface area contributed by atoms with E-state index in [1.807, 2.05) is 0 Å². The van der Waals surface area contributed by atoms with E-state index in [0.717, 1.165) is 43.8 Å². The number of amides is 1. The van der Waals surface area contributed by atoms with Crippen LogP contribution in [-0.2, 0) is 4.79 Å². The molecular formula is C16H28N2O. The van der Waals surface area contributed by atoms with Gasteiger partial charge in [-0.1, -0.05) is 19.8 Å². The molecule has 2 atom stereocenters. The van der Waals surface area contributed by atoms with Gasteiger partial charge in [0.05, 0.1) is 0 Å². The molecule has 1 saturated heterocycles. The second-order valence-electron chi connectivity index (χ2n) is 6.97. The van der Waals surface area contributed by atoms with Crippen LogP contribution in [-0.4, -0.2) is 36.0 Å². The number of hydrogen-bond acceptors (Lipinski definition) is 2. The average molecular weight is 264 g/mol. The van der Waals surface area contributed by atoms with Crippen molar-refractivity contribution >= 4 is 5.91 Å². The molecule has 2 aliphatic carbocycles. The summed E-state index contributed by atoms with van der Waals surface area (Å²) in [7, 11) is 0. The first-order valence-electron chi connectivity index (χ1n) is 8.28. The Hall–Kier alpha value is -0.570. The van der Waals surface area contributed by atoms with Crippen LogP contribution in [0.25, 0.3) is 0 Å². The minimum atomic E-state index is 0.380. The van der Waals surface area contributed by atoms with Crippen molar-refractivity contribution in [3.8, 4) is 0 Å². The summed E-state index contributed by atoms with van der Waals surface area (Å²) in [5, 5.41) is 3.75. The van der Waals surface area contributed by atoms with Crippen LogP contribution in [0, 0.1) is 11.8 Å². The molecule has 19 heavy (non-hydrogen) atoms. The van der Waals surface area contributed by atoms with Crippen molar-refractivity contribution in [2.45, 2.75) is 70.4 Å². The molecule has 0 spiro atoms. The summed E-state index contributed by atoms with van der Waals surface area (Å²) in [4.78, 5) is 14.3. The van der Waals surface area contributed by atoms with E-state index in [0.29, 0.717) is 11.9 Å². The Morgan fingerprint density at radius 2 is 1.89 bits per heavy atom. The zero-order chi connectivity index (χ0) is 13.2. The summed E-state index contributed by atoms with van der Waals surface area (Å²) >= 11 is 0. The smallest absolute Gasteiger partial charge is 0.222 e. The van der Waals surface area contributed by atoms with E-state index in [9.17, 15) is 4.79 Å². The number of piperidine rings is 1. The summed E-state index contributed by atoms with van der Waals surface area (Å²) in [5.41, 5.74) is 0. The number of nitrogens with zero attached hydrogens (tertiary/aromatic N) is 1. The Labute approximate surface area is 117 Å². The van der Waals surface area contributed by atoms with E-state index in [1.165, 1.54) is 38.5 Å². The highest BCUT2D eigenvalue weighted by atomic mass is 16.2. The zero-order valence-electron chi connectivity index (χ0n) is 12.2. The van der Waals surface area contributed by atoms with E-state index in [4.69, 9.17) is 0 Å². The fourth-order valence-corrected chi connectivity index (χ4v) is 3.48. The predicted molar refractivity (Wildman–Crippen MR) is 76.9 cm³/mol. The lowest BCUT2D eigenvalue weighted by molar-refractivity contribution is -0.133. The van der Waals surface area contributed by atoms with Crippen molar-refractivity contribution in [2.75, 3.05) is 13.1 Å². The number of likely N-dealkylation sites (tertiary alicyclic amines) is 1. The molecule has 0 radical (unpaired) electrons. The fourth-order valence-electron chi connectivity index (χ4n) is 3.48. The van der Waals surface area contributed by atoms with Crippen LogP contribution >= 0.6 is 0 Å². The standard InChI is InChI=1S/C16H28N2O/c1-2-3-16(19)18-10-13(8-12-4-5-12)9-15(11-18)17-14-6-7-14/h12-15,17H,2-11H2,1H3. The molecular weight excluding hydrogens is 236 g/mol. The third-order valence-corrected chi connectivity index (χ3v) is 4.77. The quantitative estimate of drug-likeness (QED) is 0.799. The summed E-state index contributed by atoms with van der Waals surface area (Å²) in [6.45, 7) is 4.08. The maximum atomic E-state index is 12.2. The van der Waals surface area contributed by atoms with E-state index in [-0.39, 0.29) is 0 Å².